The number of alkyl halides is 15. The van der Waals surface area contributed by atoms with E-state index in [4.69, 9.17) is 8.37 Å². The molecule has 8 aromatic carbocycles. The summed E-state index contributed by atoms with van der Waals surface area (Å²) in [7, 11) is -38.2. The third-order valence-electron chi connectivity index (χ3n) is 24.6. The summed E-state index contributed by atoms with van der Waals surface area (Å²) in [5.74, 6) is -19.4. The molecule has 0 atom stereocenters. The molecule has 6 aliphatic rings. The summed E-state index contributed by atoms with van der Waals surface area (Å²) in [6.45, 7) is 0. The van der Waals surface area contributed by atoms with Crippen LogP contribution in [0.15, 0.2) is 199 Å². The fraction of sp³-hybridized carbons (Fsp3) is 0.473. The molecule has 0 bridgehead atoms. The third kappa shape index (κ3) is 24.2. The molecule has 6 aliphatic carbocycles. The minimum absolute atomic E-state index is 0.0143. The summed E-state index contributed by atoms with van der Waals surface area (Å²) >= 11 is 0. The van der Waals surface area contributed by atoms with Gasteiger partial charge in [-0.15, -0.1) is 0 Å². The fourth-order valence-electron chi connectivity index (χ4n) is 17.6. The Morgan fingerprint density at radius 3 is 0.639 bits per heavy atom. The molecule has 133 heavy (non-hydrogen) atoms. The molecule has 6 fully saturated rings. The van der Waals surface area contributed by atoms with Gasteiger partial charge in [-0.25, -0.2) is 51.6 Å². The molecule has 0 aliphatic heterocycles. The van der Waals surface area contributed by atoms with Crippen molar-refractivity contribution in [1.29, 1.82) is 0 Å². The first-order valence-corrected chi connectivity index (χ1v) is 52.6. The Kier molecular flexibility index (Phi) is 34.3. The number of hydrogen-bond donors (Lipinski definition) is 0. The van der Waals surface area contributed by atoms with Gasteiger partial charge in [0.25, 0.3) is 0 Å². The monoisotopic (exact) mass is 2030 g/mol. The van der Waals surface area contributed by atoms with Crippen LogP contribution in [-0.4, -0.2) is 85.0 Å². The normalized spacial score (nSPS) is 17.8. The molecule has 6 saturated carbocycles. The second-order valence-corrected chi connectivity index (χ2v) is 45.7. The molecule has 0 amide bonds. The van der Waals surface area contributed by atoms with E-state index in [0.29, 0.717) is 77.0 Å². The van der Waals surface area contributed by atoms with Gasteiger partial charge in [0, 0.05) is 0 Å². The zero-order chi connectivity index (χ0) is 97.3. The third-order valence-corrected chi connectivity index (χ3v) is 35.5. The molecule has 0 saturated heterocycles. The van der Waals surface area contributed by atoms with E-state index >= 15 is 8.78 Å². The maximum atomic E-state index is 15.3. The number of sulfonamides is 2. The summed E-state index contributed by atoms with van der Waals surface area (Å²) in [6.07, 6.45) is 22.1. The average molecular weight is 2030 g/mol. The Hall–Kier alpha value is -7.74. The van der Waals surface area contributed by atoms with Gasteiger partial charge < -0.3 is 17.0 Å². The number of hydrogen-bond acceptors (Lipinski definition) is 13. The minimum atomic E-state index is -8.01. The van der Waals surface area contributed by atoms with Crippen LogP contribution >= 0.6 is 0 Å². The largest absolute Gasteiger partial charge is 0.743 e. The average Bonchev–Trinajstić information content (AvgIpc) is 0.713. The first-order valence-electron chi connectivity index (χ1n) is 43.0. The Labute approximate surface area is 764 Å². The molecule has 0 aromatic heterocycles. The van der Waals surface area contributed by atoms with Crippen LogP contribution in [0.1, 0.15) is 262 Å². The molecular weight excluding hydrogens is 1940 g/mol. The predicted octanol–water partition coefficient (Wildman–Crippen LogP) is 27.2. The van der Waals surface area contributed by atoms with Crippen molar-refractivity contribution in [3.63, 3.8) is 0 Å². The second kappa shape index (κ2) is 43.1. The number of halogens is 21. The number of nitrogens with zero attached hydrogens (tertiary/aromatic N) is 1. The van der Waals surface area contributed by atoms with E-state index in [9.17, 15) is 130 Å². The SMILES string of the molecule is Fc1ccc([S+](c2ccc(F)cc2)c2ccc(F)cc2)cc1.Fc1ccc([S+](c2ccc(F)cc2)c2ccc(F)cc2)cc1.O=S(=O)([N-]S(=O)(=O)C(F)(F)C(F)(F)C(F)(F)S(=O)(=O)Oc1c(C2CCCCC2)cc(C2CCCCC2)cc1C1CCCCC1)C(F)(F)F.O=S(=O)([O-])C(F)(F)C(F)(F)C(F)(F)S(=O)(=O)Oc1c(C2CCCCC2)cc(C2CCCCC2)cc1C1CCCCC1. The maximum Gasteiger partial charge on any atom is 0.480 e. The summed E-state index contributed by atoms with van der Waals surface area (Å²) in [5, 5.41) is -28.3. The molecular formula is C91H94F21NO13S7. The molecule has 42 heteroatoms. The van der Waals surface area contributed by atoms with Crippen molar-refractivity contribution >= 4 is 72.2 Å². The van der Waals surface area contributed by atoms with Crippen LogP contribution in [0, 0.1) is 34.9 Å². The van der Waals surface area contributed by atoms with Gasteiger partial charge in [0.2, 0.25) is 0 Å². The topological polar surface area (TPSA) is 226 Å². The van der Waals surface area contributed by atoms with Crippen molar-refractivity contribution < 1.29 is 147 Å². The van der Waals surface area contributed by atoms with E-state index in [1.54, 1.807) is 97.1 Å². The van der Waals surface area contributed by atoms with Crippen LogP contribution in [0.5, 0.6) is 11.5 Å². The van der Waals surface area contributed by atoms with Crippen LogP contribution in [0.4, 0.5) is 92.2 Å². The van der Waals surface area contributed by atoms with Gasteiger partial charge in [-0.3, -0.25) is 0 Å². The van der Waals surface area contributed by atoms with Crippen LogP contribution in [0.25, 0.3) is 4.13 Å². The zero-order valence-electron chi connectivity index (χ0n) is 70.9. The zero-order valence-corrected chi connectivity index (χ0v) is 76.6. The Morgan fingerprint density at radius 1 is 0.263 bits per heavy atom. The highest BCUT2D eigenvalue weighted by Gasteiger charge is 2.83. The van der Waals surface area contributed by atoms with E-state index < -0.39 is 134 Å². The highest BCUT2D eigenvalue weighted by atomic mass is 32.3. The number of benzene rings is 8. The molecule has 0 unspecified atom stereocenters. The lowest BCUT2D eigenvalue weighted by molar-refractivity contribution is -0.247. The van der Waals surface area contributed by atoms with Gasteiger partial charge >= 0.3 is 58.6 Å². The van der Waals surface area contributed by atoms with Crippen LogP contribution in [-0.2, 0) is 72.2 Å². The van der Waals surface area contributed by atoms with Crippen molar-refractivity contribution in [1.82, 2.24) is 0 Å². The van der Waals surface area contributed by atoms with E-state index in [0.717, 1.165) is 160 Å². The summed E-state index contributed by atoms with van der Waals surface area (Å²) in [6, 6.07) is 43.6. The quantitative estimate of drug-likeness (QED) is 0.0213. The van der Waals surface area contributed by atoms with E-state index in [2.05, 4.69) is 0 Å². The van der Waals surface area contributed by atoms with Crippen molar-refractivity contribution in [3.05, 3.63) is 242 Å². The Balaban J connectivity index is 0.000000180. The molecule has 0 heterocycles. The lowest BCUT2D eigenvalue weighted by atomic mass is 9.75. The van der Waals surface area contributed by atoms with Crippen molar-refractivity contribution in [2.45, 2.75) is 296 Å². The molecule has 0 spiro atoms. The maximum absolute atomic E-state index is 15.3. The fourth-order valence-corrected chi connectivity index (χ4v) is 26.3. The first kappa shape index (κ1) is 106. The van der Waals surface area contributed by atoms with Gasteiger partial charge in [-0.1, -0.05) is 140 Å². The van der Waals surface area contributed by atoms with Gasteiger partial charge in [0.15, 0.2) is 59.5 Å². The molecule has 14 rings (SSSR count). The summed E-state index contributed by atoms with van der Waals surface area (Å²) in [4.78, 5) is 5.33. The molecule has 8 aromatic rings. The number of rotatable bonds is 26. The second-order valence-electron chi connectivity index (χ2n) is 33.6. The van der Waals surface area contributed by atoms with E-state index in [1.807, 2.05) is 0 Å². The van der Waals surface area contributed by atoms with E-state index in [-0.39, 0.29) is 80.8 Å². The van der Waals surface area contributed by atoms with E-state index in [1.165, 1.54) is 72.8 Å². The minimum Gasteiger partial charge on any atom is -0.743 e. The van der Waals surface area contributed by atoms with Crippen molar-refractivity contribution in [3.8, 4) is 11.5 Å². The van der Waals surface area contributed by atoms with Gasteiger partial charge in [-0.2, -0.15) is 82.7 Å². The smallest absolute Gasteiger partial charge is 0.480 e. The first-order chi connectivity index (χ1) is 62.2. The van der Waals surface area contributed by atoms with Gasteiger partial charge in [0.05, 0.1) is 21.8 Å². The summed E-state index contributed by atoms with van der Waals surface area (Å²) < 4.78 is 432. The lowest BCUT2D eigenvalue weighted by Crippen LogP contribution is -2.61. The van der Waals surface area contributed by atoms with Crippen LogP contribution < -0.4 is 8.37 Å². The molecule has 0 radical (unpaired) electrons. The van der Waals surface area contributed by atoms with Crippen molar-refractivity contribution in [2.75, 3.05) is 0 Å². The molecule has 0 N–H and O–H groups in total. The van der Waals surface area contributed by atoms with Gasteiger partial charge in [-0.05, 0) is 292 Å². The summed E-state index contributed by atoms with van der Waals surface area (Å²) in [5.41, 5.74) is -4.32. The van der Waals surface area contributed by atoms with Crippen molar-refractivity contribution in [2.24, 2.45) is 0 Å². The van der Waals surface area contributed by atoms with Gasteiger partial charge in [0.1, 0.15) is 46.4 Å². The lowest BCUT2D eigenvalue weighted by Gasteiger charge is -2.36. The highest BCUT2D eigenvalue weighted by Crippen LogP contribution is 2.58. The molecule has 14 nitrogen and oxygen atoms in total. The Bertz CT molecular complexity index is 5430. The van der Waals surface area contributed by atoms with Crippen LogP contribution in [0.2, 0.25) is 0 Å². The highest BCUT2D eigenvalue weighted by molar-refractivity contribution is 8.13. The van der Waals surface area contributed by atoms with Crippen LogP contribution in [0.3, 0.4) is 0 Å². The molecule has 730 valence electrons. The predicted molar refractivity (Wildman–Crippen MR) is 456 cm³/mol. The standard InChI is InChI=1S/C28H35F9NO7S3.C27H36F6O6S2.2C18H12F3S/c29-25(30,26(31,32)46(39,40)38-47(41,42)28(35,36)37)27(33,34)48(43,44)45-24-22(19-12-6-2-7-13-19)16-21(18-10-4-1-5-11-18)17-23(24)20-14-8-3-9-15-20;28-25(29,26(30,31)40(34,35)36)27(32,33)41(37,38)39-24-22(19-12-6-2-7-13-19)16-21(18-10-4-1-5-11-18)17-23(24)20-14-8-3-9-15-20;2*19-13-1-7-16(8-2-13)22(17-9-3-14(20)4-10-17)18-11-5-15(21)6-12-18/h16-20H,1-15H2;16-20H,1-15H2,(H,34,35,36);2*1-12H/q-1;;2*+1/p-1. The Morgan fingerprint density at radius 2 is 0.451 bits per heavy atom.